The molecule has 0 amide bonds. The van der Waals surface area contributed by atoms with Gasteiger partial charge < -0.3 is 10.1 Å². The Hall–Kier alpha value is -1.28. The zero-order valence-corrected chi connectivity index (χ0v) is 14.7. The van der Waals surface area contributed by atoms with E-state index in [4.69, 9.17) is 10.1 Å². The summed E-state index contributed by atoms with van der Waals surface area (Å²) in [6.45, 7) is 5.47. The van der Waals surface area contributed by atoms with Gasteiger partial charge in [-0.3, -0.25) is 14.6 Å². The third kappa shape index (κ3) is 3.13. The van der Waals surface area contributed by atoms with Crippen LogP contribution in [0.15, 0.2) is 4.79 Å². The van der Waals surface area contributed by atoms with Crippen LogP contribution in [0, 0.1) is 0 Å². The van der Waals surface area contributed by atoms with Crippen LogP contribution in [-0.2, 0) is 19.4 Å². The third-order valence-corrected chi connectivity index (χ3v) is 6.31. The molecule has 2 aromatic rings. The van der Waals surface area contributed by atoms with Crippen LogP contribution in [0.25, 0.3) is 10.2 Å². The van der Waals surface area contributed by atoms with Crippen molar-refractivity contribution in [3.05, 3.63) is 26.6 Å². The van der Waals surface area contributed by atoms with Gasteiger partial charge in [-0.2, -0.15) is 0 Å². The highest BCUT2D eigenvalue weighted by Crippen LogP contribution is 2.33. The molecule has 0 saturated carbocycles. The largest absolute Gasteiger partial charge is 0.395 e. The van der Waals surface area contributed by atoms with Gasteiger partial charge in [0.1, 0.15) is 10.7 Å². The number of nitrogens with one attached hydrogen (secondary N) is 1. The first-order valence-corrected chi connectivity index (χ1v) is 9.65. The van der Waals surface area contributed by atoms with Crippen LogP contribution in [0.5, 0.6) is 0 Å². The number of aryl methyl sites for hydroxylation is 2. The average molecular weight is 348 g/mol. The fourth-order valence-electron chi connectivity index (χ4n) is 3.81. The number of aromatic amines is 1. The van der Waals surface area contributed by atoms with Crippen molar-refractivity contribution >= 4 is 21.6 Å². The second kappa shape index (κ2) is 6.92. The first kappa shape index (κ1) is 16.2. The minimum Gasteiger partial charge on any atom is -0.395 e. The number of rotatable bonds is 4. The van der Waals surface area contributed by atoms with Gasteiger partial charge in [-0.05, 0) is 31.2 Å². The van der Waals surface area contributed by atoms with Crippen LogP contribution in [0.3, 0.4) is 0 Å². The molecule has 0 aromatic carbocycles. The molecule has 7 heteroatoms. The molecule has 24 heavy (non-hydrogen) atoms. The van der Waals surface area contributed by atoms with Crippen molar-refractivity contribution in [1.82, 2.24) is 19.8 Å². The minimum atomic E-state index is 0.0355. The average Bonchev–Trinajstić information content (AvgIpc) is 2.95. The van der Waals surface area contributed by atoms with E-state index in [0.29, 0.717) is 6.54 Å². The lowest BCUT2D eigenvalue weighted by molar-refractivity contribution is 0.107. The summed E-state index contributed by atoms with van der Waals surface area (Å²) in [6.07, 6.45) is 4.52. The highest BCUT2D eigenvalue weighted by atomic mass is 32.1. The topological polar surface area (TPSA) is 72.5 Å². The first-order valence-electron chi connectivity index (χ1n) is 8.83. The molecule has 2 N–H and O–H groups in total. The van der Waals surface area contributed by atoms with E-state index in [1.807, 2.05) is 0 Å². The molecule has 2 aromatic heterocycles. The molecule has 1 saturated heterocycles. The fraction of sp³-hybridized carbons (Fsp3) is 0.647. The number of hydrogen-bond donors (Lipinski definition) is 2. The van der Waals surface area contributed by atoms with E-state index in [1.54, 1.807) is 11.3 Å². The van der Waals surface area contributed by atoms with E-state index in [2.05, 4.69) is 14.8 Å². The first-order chi connectivity index (χ1) is 11.7. The smallest absolute Gasteiger partial charge is 0.259 e. The summed E-state index contributed by atoms with van der Waals surface area (Å²) in [4.78, 5) is 27.2. The Balaban J connectivity index is 1.52. The number of aromatic nitrogens is 2. The minimum absolute atomic E-state index is 0.0355. The second-order valence-corrected chi connectivity index (χ2v) is 7.83. The Morgan fingerprint density at radius 2 is 1.88 bits per heavy atom. The van der Waals surface area contributed by atoms with Crippen LogP contribution in [-0.4, -0.2) is 64.2 Å². The standard InChI is InChI=1S/C17H24N4O2S/c22-10-9-20-5-7-21(8-6-20)11-14-18-16(23)15-12-3-1-2-4-13(12)24-17(15)19-14/h22H,1-11H2,(H,18,19,23). The van der Waals surface area contributed by atoms with E-state index in [9.17, 15) is 4.79 Å². The number of aliphatic hydroxyl groups excluding tert-OH is 1. The summed E-state index contributed by atoms with van der Waals surface area (Å²) >= 11 is 1.71. The molecule has 6 nitrogen and oxygen atoms in total. The molecule has 0 unspecified atom stereocenters. The maximum Gasteiger partial charge on any atom is 0.259 e. The van der Waals surface area contributed by atoms with Gasteiger partial charge in [0.15, 0.2) is 0 Å². The number of β-amino-alcohol motifs (C(OH)–C–C–N with tert-alkyl or cyclic N) is 1. The molecule has 1 aliphatic heterocycles. The predicted molar refractivity (Wildman–Crippen MR) is 95.7 cm³/mol. The van der Waals surface area contributed by atoms with E-state index in [0.717, 1.165) is 61.6 Å². The van der Waals surface area contributed by atoms with Crippen molar-refractivity contribution < 1.29 is 5.11 Å². The van der Waals surface area contributed by atoms with Gasteiger partial charge in [-0.25, -0.2) is 4.98 Å². The Labute approximate surface area is 145 Å². The predicted octanol–water partition coefficient (Wildman–Crippen LogP) is 0.973. The molecular weight excluding hydrogens is 324 g/mol. The highest BCUT2D eigenvalue weighted by Gasteiger charge is 2.21. The van der Waals surface area contributed by atoms with E-state index in [-0.39, 0.29) is 12.2 Å². The lowest BCUT2D eigenvalue weighted by atomic mass is 9.97. The second-order valence-electron chi connectivity index (χ2n) is 6.75. The molecule has 0 atom stereocenters. The Morgan fingerprint density at radius 1 is 1.12 bits per heavy atom. The molecule has 3 heterocycles. The summed E-state index contributed by atoms with van der Waals surface area (Å²) in [5.74, 6) is 0.779. The monoisotopic (exact) mass is 348 g/mol. The summed E-state index contributed by atoms with van der Waals surface area (Å²) in [6, 6.07) is 0. The Bertz CT molecular complexity index is 777. The molecule has 4 rings (SSSR count). The van der Waals surface area contributed by atoms with Gasteiger partial charge in [0.25, 0.3) is 5.56 Å². The van der Waals surface area contributed by atoms with Crippen molar-refractivity contribution in [2.24, 2.45) is 0 Å². The molecule has 1 aliphatic carbocycles. The molecule has 2 aliphatic rings. The van der Waals surface area contributed by atoms with Gasteiger partial charge in [-0.1, -0.05) is 0 Å². The van der Waals surface area contributed by atoms with Gasteiger partial charge in [-0.15, -0.1) is 11.3 Å². The Kier molecular flexibility index (Phi) is 4.67. The number of piperazine rings is 1. The van der Waals surface area contributed by atoms with E-state index < -0.39 is 0 Å². The van der Waals surface area contributed by atoms with Crippen molar-refractivity contribution in [2.75, 3.05) is 39.3 Å². The molecule has 130 valence electrons. The van der Waals surface area contributed by atoms with Crippen molar-refractivity contribution in [3.8, 4) is 0 Å². The number of H-pyrrole nitrogens is 1. The summed E-state index contributed by atoms with van der Waals surface area (Å²) in [5.41, 5.74) is 1.28. The van der Waals surface area contributed by atoms with Crippen LogP contribution in [0.4, 0.5) is 0 Å². The van der Waals surface area contributed by atoms with Crippen molar-refractivity contribution in [2.45, 2.75) is 32.2 Å². The summed E-state index contributed by atoms with van der Waals surface area (Å²) in [5, 5.41) is 9.86. The maximum absolute atomic E-state index is 12.6. The number of aliphatic hydroxyl groups is 1. The zero-order chi connectivity index (χ0) is 16.5. The highest BCUT2D eigenvalue weighted by molar-refractivity contribution is 7.18. The van der Waals surface area contributed by atoms with Crippen molar-refractivity contribution in [1.29, 1.82) is 0 Å². The van der Waals surface area contributed by atoms with Crippen LogP contribution in [0.1, 0.15) is 29.1 Å². The van der Waals surface area contributed by atoms with Crippen molar-refractivity contribution in [3.63, 3.8) is 0 Å². The van der Waals surface area contributed by atoms with Gasteiger partial charge in [0.05, 0.1) is 18.5 Å². The SMILES string of the molecule is O=c1[nH]c(CN2CCN(CCO)CC2)nc2sc3c(c12)CCCC3. The van der Waals surface area contributed by atoms with Crippen LogP contribution >= 0.6 is 11.3 Å². The number of thiophene rings is 1. The lowest BCUT2D eigenvalue weighted by Crippen LogP contribution is -2.46. The molecule has 0 spiro atoms. The molecule has 0 radical (unpaired) electrons. The van der Waals surface area contributed by atoms with Gasteiger partial charge >= 0.3 is 0 Å². The zero-order valence-electron chi connectivity index (χ0n) is 13.9. The Morgan fingerprint density at radius 3 is 2.67 bits per heavy atom. The summed E-state index contributed by atoms with van der Waals surface area (Å²) < 4.78 is 0. The van der Waals surface area contributed by atoms with E-state index >= 15 is 0 Å². The van der Waals surface area contributed by atoms with Gasteiger partial charge in [0, 0.05) is 37.6 Å². The molecule has 0 bridgehead atoms. The van der Waals surface area contributed by atoms with E-state index in [1.165, 1.54) is 23.3 Å². The lowest BCUT2D eigenvalue weighted by Gasteiger charge is -2.33. The number of nitrogens with zero attached hydrogens (tertiary/aromatic N) is 3. The third-order valence-electron chi connectivity index (χ3n) is 5.13. The van der Waals surface area contributed by atoms with Crippen LogP contribution < -0.4 is 5.56 Å². The maximum atomic E-state index is 12.6. The number of fused-ring (bicyclic) bond motifs is 3. The number of hydrogen-bond acceptors (Lipinski definition) is 6. The van der Waals surface area contributed by atoms with Crippen LogP contribution in [0.2, 0.25) is 0 Å². The molecular formula is C17H24N4O2S. The normalized spacial score (nSPS) is 19.7. The fourth-order valence-corrected chi connectivity index (χ4v) is 5.09. The quantitative estimate of drug-likeness (QED) is 0.862. The summed E-state index contributed by atoms with van der Waals surface area (Å²) in [7, 11) is 0. The van der Waals surface area contributed by atoms with Gasteiger partial charge in [0.2, 0.25) is 0 Å². The molecule has 1 fully saturated rings.